The number of carbonyl (C=O) groups is 2. The summed E-state index contributed by atoms with van der Waals surface area (Å²) in [5.74, 6) is 0.303. The highest BCUT2D eigenvalue weighted by molar-refractivity contribution is 6.30. The van der Waals surface area contributed by atoms with E-state index in [0.29, 0.717) is 30.5 Å². The Morgan fingerprint density at radius 2 is 2.29 bits per heavy atom. The minimum atomic E-state index is -0.273. The highest BCUT2D eigenvalue weighted by atomic mass is 35.5. The Morgan fingerprint density at radius 1 is 1.52 bits per heavy atom. The van der Waals surface area contributed by atoms with E-state index in [2.05, 4.69) is 5.32 Å². The van der Waals surface area contributed by atoms with Gasteiger partial charge < -0.3 is 15.0 Å². The van der Waals surface area contributed by atoms with Gasteiger partial charge >= 0.3 is 0 Å². The fraction of sp³-hybridized carbons (Fsp3) is 0.467. The molecular formula is C15H19ClN2O3. The van der Waals surface area contributed by atoms with Crippen molar-refractivity contribution in [2.75, 3.05) is 20.2 Å². The molecule has 0 bridgehead atoms. The highest BCUT2D eigenvalue weighted by Crippen LogP contribution is 2.24. The average molecular weight is 311 g/mol. The fourth-order valence-corrected chi connectivity index (χ4v) is 2.49. The second-order valence-corrected chi connectivity index (χ2v) is 5.51. The smallest absolute Gasteiger partial charge is 0.225 e. The van der Waals surface area contributed by atoms with E-state index >= 15 is 0 Å². The molecule has 2 rings (SSSR count). The molecule has 0 aliphatic carbocycles. The van der Waals surface area contributed by atoms with Crippen molar-refractivity contribution in [1.82, 2.24) is 10.2 Å². The summed E-state index contributed by atoms with van der Waals surface area (Å²) in [5.41, 5.74) is 0.868. The van der Waals surface area contributed by atoms with Crippen LogP contribution in [-0.4, -0.2) is 36.9 Å². The van der Waals surface area contributed by atoms with Crippen LogP contribution in [0.15, 0.2) is 18.2 Å². The standard InChI is InChI=1S/C15H19ClN2O3/c1-3-21-13-7-12(16)5-4-10(13)8-17-15(20)11-6-14(19)18(2)9-11/h4-5,7,11H,3,6,8-9H2,1-2H3,(H,17,20)/t11-/m0/s1. The maximum atomic E-state index is 12.1. The van der Waals surface area contributed by atoms with Crippen molar-refractivity contribution in [3.05, 3.63) is 28.8 Å². The van der Waals surface area contributed by atoms with E-state index in [1.54, 1.807) is 24.1 Å². The van der Waals surface area contributed by atoms with Crippen LogP contribution in [0.25, 0.3) is 0 Å². The lowest BCUT2D eigenvalue weighted by Crippen LogP contribution is -2.31. The second kappa shape index (κ2) is 6.80. The van der Waals surface area contributed by atoms with Crippen molar-refractivity contribution in [3.8, 4) is 5.75 Å². The minimum Gasteiger partial charge on any atom is -0.493 e. The monoisotopic (exact) mass is 310 g/mol. The molecule has 0 spiro atoms. The summed E-state index contributed by atoms with van der Waals surface area (Å²) in [6.07, 6.45) is 0.279. The molecule has 1 N–H and O–H groups in total. The van der Waals surface area contributed by atoms with Crippen LogP contribution in [0.4, 0.5) is 0 Å². The molecular weight excluding hydrogens is 292 g/mol. The van der Waals surface area contributed by atoms with Crippen molar-refractivity contribution < 1.29 is 14.3 Å². The second-order valence-electron chi connectivity index (χ2n) is 5.08. The number of ether oxygens (including phenoxy) is 1. The molecule has 1 heterocycles. The number of benzene rings is 1. The van der Waals surface area contributed by atoms with Crippen LogP contribution in [0.2, 0.25) is 5.02 Å². The lowest BCUT2D eigenvalue weighted by atomic mass is 10.1. The minimum absolute atomic E-state index is 0.0108. The maximum Gasteiger partial charge on any atom is 0.225 e. The molecule has 21 heavy (non-hydrogen) atoms. The number of hydrogen-bond donors (Lipinski definition) is 1. The summed E-state index contributed by atoms with van der Waals surface area (Å²) in [5, 5.41) is 3.45. The Kier molecular flexibility index (Phi) is 5.07. The van der Waals surface area contributed by atoms with Crippen LogP contribution in [0.3, 0.4) is 0 Å². The number of rotatable bonds is 5. The first-order chi connectivity index (χ1) is 10.0. The van der Waals surface area contributed by atoms with E-state index in [4.69, 9.17) is 16.3 Å². The zero-order valence-corrected chi connectivity index (χ0v) is 12.9. The van der Waals surface area contributed by atoms with Gasteiger partial charge in [-0.15, -0.1) is 0 Å². The van der Waals surface area contributed by atoms with E-state index in [1.807, 2.05) is 13.0 Å². The Labute approximate surface area is 129 Å². The van der Waals surface area contributed by atoms with Crippen molar-refractivity contribution in [3.63, 3.8) is 0 Å². The van der Waals surface area contributed by atoms with E-state index < -0.39 is 0 Å². The van der Waals surface area contributed by atoms with Crippen LogP contribution < -0.4 is 10.1 Å². The van der Waals surface area contributed by atoms with Gasteiger partial charge in [-0.3, -0.25) is 9.59 Å². The summed E-state index contributed by atoms with van der Waals surface area (Å²) < 4.78 is 5.51. The Balaban J connectivity index is 1.96. The number of hydrogen-bond acceptors (Lipinski definition) is 3. The molecule has 1 atom stereocenters. The van der Waals surface area contributed by atoms with E-state index in [-0.39, 0.29) is 24.2 Å². The third-order valence-electron chi connectivity index (χ3n) is 3.49. The molecule has 1 aromatic carbocycles. The molecule has 114 valence electrons. The molecule has 1 aliphatic rings. The number of carbonyl (C=O) groups excluding carboxylic acids is 2. The maximum absolute atomic E-state index is 12.1. The number of nitrogens with zero attached hydrogens (tertiary/aromatic N) is 1. The van der Waals surface area contributed by atoms with Gasteiger partial charge in [0.05, 0.1) is 12.5 Å². The summed E-state index contributed by atoms with van der Waals surface area (Å²) in [4.78, 5) is 25.1. The molecule has 0 aromatic heterocycles. The summed E-state index contributed by atoms with van der Waals surface area (Å²) >= 11 is 5.94. The van der Waals surface area contributed by atoms with Gasteiger partial charge in [0.15, 0.2) is 0 Å². The SMILES string of the molecule is CCOc1cc(Cl)ccc1CNC(=O)[C@H]1CC(=O)N(C)C1. The predicted molar refractivity (Wildman–Crippen MR) is 80.2 cm³/mol. The molecule has 5 nitrogen and oxygen atoms in total. The fourth-order valence-electron chi connectivity index (χ4n) is 2.33. The Hall–Kier alpha value is -1.75. The first-order valence-corrected chi connectivity index (χ1v) is 7.32. The zero-order chi connectivity index (χ0) is 15.4. The van der Waals surface area contributed by atoms with Gasteiger partial charge in [-0.2, -0.15) is 0 Å². The van der Waals surface area contributed by atoms with Crippen molar-refractivity contribution >= 4 is 23.4 Å². The van der Waals surface area contributed by atoms with Gasteiger partial charge in [0, 0.05) is 37.1 Å². The molecule has 1 fully saturated rings. The zero-order valence-electron chi connectivity index (χ0n) is 12.2. The normalized spacial score (nSPS) is 18.0. The topological polar surface area (TPSA) is 58.6 Å². The molecule has 0 saturated carbocycles. The van der Waals surface area contributed by atoms with Crippen molar-refractivity contribution in [1.29, 1.82) is 0 Å². The average Bonchev–Trinajstić information content (AvgIpc) is 2.78. The summed E-state index contributed by atoms with van der Waals surface area (Å²) in [7, 11) is 1.71. The molecule has 0 unspecified atom stereocenters. The molecule has 1 saturated heterocycles. The summed E-state index contributed by atoms with van der Waals surface area (Å²) in [6.45, 7) is 3.26. The Bertz CT molecular complexity index is 548. The first kappa shape index (κ1) is 15.6. The van der Waals surface area contributed by atoms with E-state index in [9.17, 15) is 9.59 Å². The van der Waals surface area contributed by atoms with Gasteiger partial charge in [0.25, 0.3) is 0 Å². The lowest BCUT2D eigenvalue weighted by molar-refractivity contribution is -0.128. The first-order valence-electron chi connectivity index (χ1n) is 6.94. The quantitative estimate of drug-likeness (QED) is 0.902. The molecule has 0 radical (unpaired) electrons. The highest BCUT2D eigenvalue weighted by Gasteiger charge is 2.31. The largest absolute Gasteiger partial charge is 0.493 e. The van der Waals surface area contributed by atoms with E-state index in [0.717, 1.165) is 5.56 Å². The number of halogens is 1. The number of amides is 2. The van der Waals surface area contributed by atoms with Crippen molar-refractivity contribution in [2.45, 2.75) is 19.9 Å². The Morgan fingerprint density at radius 3 is 2.90 bits per heavy atom. The van der Waals surface area contributed by atoms with Crippen LogP contribution in [0.5, 0.6) is 5.75 Å². The van der Waals surface area contributed by atoms with E-state index in [1.165, 1.54) is 0 Å². The molecule has 2 amide bonds. The number of nitrogens with one attached hydrogen (secondary N) is 1. The molecule has 6 heteroatoms. The number of likely N-dealkylation sites (tertiary alicyclic amines) is 1. The third kappa shape index (κ3) is 3.88. The molecule has 1 aliphatic heterocycles. The van der Waals surface area contributed by atoms with Crippen LogP contribution >= 0.6 is 11.6 Å². The van der Waals surface area contributed by atoms with Crippen LogP contribution in [0, 0.1) is 5.92 Å². The molecule has 1 aromatic rings. The van der Waals surface area contributed by atoms with Crippen molar-refractivity contribution in [2.24, 2.45) is 5.92 Å². The summed E-state index contributed by atoms with van der Waals surface area (Å²) in [6, 6.07) is 5.33. The van der Waals surface area contributed by atoms with Gasteiger partial charge in [-0.25, -0.2) is 0 Å². The third-order valence-corrected chi connectivity index (χ3v) is 3.73. The lowest BCUT2D eigenvalue weighted by Gasteiger charge is -2.14. The van der Waals surface area contributed by atoms with Gasteiger partial charge in [-0.1, -0.05) is 17.7 Å². The van der Waals surface area contributed by atoms with Crippen LogP contribution in [-0.2, 0) is 16.1 Å². The van der Waals surface area contributed by atoms with Gasteiger partial charge in [-0.05, 0) is 19.1 Å². The van der Waals surface area contributed by atoms with Crippen LogP contribution in [0.1, 0.15) is 18.9 Å². The van der Waals surface area contributed by atoms with Gasteiger partial charge in [0.2, 0.25) is 11.8 Å². The predicted octanol–water partition coefficient (Wildman–Crippen LogP) is 1.83. The van der Waals surface area contributed by atoms with Gasteiger partial charge in [0.1, 0.15) is 5.75 Å².